The van der Waals surface area contributed by atoms with Crippen LogP contribution in [0.2, 0.25) is 0 Å². The van der Waals surface area contributed by atoms with Gasteiger partial charge in [-0.15, -0.1) is 0 Å². The topological polar surface area (TPSA) is 24.5 Å². The van der Waals surface area contributed by atoms with E-state index in [1.807, 2.05) is 14.2 Å². The summed E-state index contributed by atoms with van der Waals surface area (Å²) < 4.78 is 5.35. The van der Waals surface area contributed by atoms with Gasteiger partial charge in [0.25, 0.3) is 0 Å². The van der Waals surface area contributed by atoms with Crippen LogP contribution >= 0.6 is 0 Å². The highest BCUT2D eigenvalue weighted by molar-refractivity contribution is 4.82. The molecular weight excluding hydrogens is 176 g/mol. The molecule has 0 amide bonds. The van der Waals surface area contributed by atoms with Crippen molar-refractivity contribution in [3.05, 3.63) is 0 Å². The van der Waals surface area contributed by atoms with Crippen molar-refractivity contribution in [3.8, 4) is 0 Å². The fraction of sp³-hybridized carbons (Fsp3) is 1.00. The molecule has 84 valence electrons. The Kier molecular flexibility index (Phi) is 4.35. The normalized spacial score (nSPS) is 21.4. The van der Waals surface area contributed by atoms with Crippen LogP contribution in [0, 0.1) is 0 Å². The van der Waals surface area contributed by atoms with Gasteiger partial charge in [-0.05, 0) is 33.7 Å². The van der Waals surface area contributed by atoms with Gasteiger partial charge in [0.05, 0.1) is 6.10 Å². The summed E-state index contributed by atoms with van der Waals surface area (Å²) in [7, 11) is 3.85. The van der Waals surface area contributed by atoms with Gasteiger partial charge in [0.1, 0.15) is 0 Å². The fourth-order valence-electron chi connectivity index (χ4n) is 1.94. The summed E-state index contributed by atoms with van der Waals surface area (Å²) in [5.74, 6) is 0. The van der Waals surface area contributed by atoms with Crippen molar-refractivity contribution in [1.29, 1.82) is 0 Å². The molecule has 1 heterocycles. The number of piperidine rings is 1. The van der Waals surface area contributed by atoms with Crippen molar-refractivity contribution in [3.63, 3.8) is 0 Å². The van der Waals surface area contributed by atoms with Crippen LogP contribution in [-0.4, -0.2) is 50.3 Å². The molecule has 1 saturated heterocycles. The van der Waals surface area contributed by atoms with Crippen LogP contribution in [0.25, 0.3) is 0 Å². The van der Waals surface area contributed by atoms with E-state index in [2.05, 4.69) is 24.1 Å². The van der Waals surface area contributed by atoms with E-state index >= 15 is 0 Å². The van der Waals surface area contributed by atoms with Crippen molar-refractivity contribution in [1.82, 2.24) is 10.2 Å². The highest BCUT2D eigenvalue weighted by Crippen LogP contribution is 2.15. The van der Waals surface area contributed by atoms with E-state index < -0.39 is 0 Å². The Hall–Kier alpha value is -0.120. The van der Waals surface area contributed by atoms with Crippen LogP contribution in [0.5, 0.6) is 0 Å². The standard InChI is InChI=1S/C11H24N2O/c1-11(2,12-3)9-13-7-5-10(14-4)6-8-13/h10,12H,5-9H2,1-4H3. The predicted molar refractivity (Wildman–Crippen MR) is 59.6 cm³/mol. The monoisotopic (exact) mass is 200 g/mol. The van der Waals surface area contributed by atoms with Crippen molar-refractivity contribution in [2.45, 2.75) is 38.3 Å². The smallest absolute Gasteiger partial charge is 0.0595 e. The van der Waals surface area contributed by atoms with Crippen LogP contribution < -0.4 is 5.32 Å². The third-order valence-corrected chi connectivity index (χ3v) is 3.16. The summed E-state index contributed by atoms with van der Waals surface area (Å²) >= 11 is 0. The Balaban J connectivity index is 2.28. The largest absolute Gasteiger partial charge is 0.381 e. The van der Waals surface area contributed by atoms with Crippen LogP contribution in [-0.2, 0) is 4.74 Å². The molecule has 0 aromatic carbocycles. The predicted octanol–water partition coefficient (Wildman–Crippen LogP) is 1.10. The van der Waals surface area contributed by atoms with Crippen molar-refractivity contribution in [2.24, 2.45) is 0 Å². The summed E-state index contributed by atoms with van der Waals surface area (Å²) in [4.78, 5) is 2.52. The van der Waals surface area contributed by atoms with Crippen LogP contribution in [0.1, 0.15) is 26.7 Å². The molecule has 3 nitrogen and oxygen atoms in total. The summed E-state index contributed by atoms with van der Waals surface area (Å²) in [6, 6.07) is 0. The number of likely N-dealkylation sites (tertiary alicyclic amines) is 1. The maximum atomic E-state index is 5.35. The summed E-state index contributed by atoms with van der Waals surface area (Å²) in [6.45, 7) is 7.96. The number of hydrogen-bond acceptors (Lipinski definition) is 3. The maximum absolute atomic E-state index is 5.35. The van der Waals surface area contributed by atoms with Gasteiger partial charge < -0.3 is 15.0 Å². The van der Waals surface area contributed by atoms with E-state index in [1.54, 1.807) is 0 Å². The molecule has 0 aromatic heterocycles. The Labute approximate surface area is 87.8 Å². The summed E-state index contributed by atoms with van der Waals surface area (Å²) in [5, 5.41) is 3.34. The van der Waals surface area contributed by atoms with E-state index in [9.17, 15) is 0 Å². The number of nitrogens with zero attached hydrogens (tertiary/aromatic N) is 1. The highest BCUT2D eigenvalue weighted by Gasteiger charge is 2.24. The second kappa shape index (κ2) is 5.10. The van der Waals surface area contributed by atoms with Gasteiger partial charge >= 0.3 is 0 Å². The van der Waals surface area contributed by atoms with Crippen LogP contribution in [0.4, 0.5) is 0 Å². The molecule has 0 aliphatic carbocycles. The molecule has 0 radical (unpaired) electrons. The SMILES string of the molecule is CNC(C)(C)CN1CCC(OC)CC1. The van der Waals surface area contributed by atoms with Crippen molar-refractivity contribution in [2.75, 3.05) is 33.8 Å². The Morgan fingerprint density at radius 2 is 1.93 bits per heavy atom. The van der Waals surface area contributed by atoms with Gasteiger partial charge in [-0.25, -0.2) is 0 Å². The molecule has 0 spiro atoms. The third-order valence-electron chi connectivity index (χ3n) is 3.16. The van der Waals surface area contributed by atoms with Crippen molar-refractivity contribution < 1.29 is 4.74 Å². The molecule has 0 saturated carbocycles. The molecule has 1 aliphatic rings. The second-order valence-corrected chi connectivity index (χ2v) is 4.85. The minimum absolute atomic E-state index is 0.222. The quantitative estimate of drug-likeness (QED) is 0.735. The molecule has 0 bridgehead atoms. The van der Waals surface area contributed by atoms with Gasteiger partial charge in [-0.3, -0.25) is 0 Å². The minimum atomic E-state index is 0.222. The van der Waals surface area contributed by atoms with Crippen molar-refractivity contribution >= 4 is 0 Å². The first-order valence-corrected chi connectivity index (χ1v) is 5.51. The van der Waals surface area contributed by atoms with Crippen LogP contribution in [0.3, 0.4) is 0 Å². The van der Waals surface area contributed by atoms with Gasteiger partial charge in [-0.1, -0.05) is 0 Å². The first kappa shape index (κ1) is 12.0. The third kappa shape index (κ3) is 3.56. The summed E-state index contributed by atoms with van der Waals surface area (Å²) in [5.41, 5.74) is 0.222. The molecule has 0 atom stereocenters. The van der Waals surface area contributed by atoms with Crippen LogP contribution in [0.15, 0.2) is 0 Å². The lowest BCUT2D eigenvalue weighted by molar-refractivity contribution is 0.0345. The maximum Gasteiger partial charge on any atom is 0.0595 e. The molecule has 14 heavy (non-hydrogen) atoms. The molecular formula is C11H24N2O. The Bertz CT molecular complexity index is 163. The van der Waals surface area contributed by atoms with E-state index in [0.29, 0.717) is 6.10 Å². The zero-order valence-electron chi connectivity index (χ0n) is 9.97. The lowest BCUT2D eigenvalue weighted by Crippen LogP contribution is -2.50. The molecule has 1 fully saturated rings. The minimum Gasteiger partial charge on any atom is -0.381 e. The average molecular weight is 200 g/mol. The molecule has 1 aliphatic heterocycles. The Morgan fingerprint density at radius 3 is 2.36 bits per heavy atom. The number of methoxy groups -OCH3 is 1. The zero-order chi connectivity index (χ0) is 10.6. The van der Waals surface area contributed by atoms with E-state index in [4.69, 9.17) is 4.74 Å². The summed E-state index contributed by atoms with van der Waals surface area (Å²) in [6.07, 6.45) is 2.84. The number of nitrogens with one attached hydrogen (secondary N) is 1. The van der Waals surface area contributed by atoms with E-state index in [1.165, 1.54) is 25.9 Å². The first-order chi connectivity index (χ1) is 6.57. The molecule has 1 rings (SSSR count). The molecule has 3 heteroatoms. The molecule has 0 aromatic rings. The lowest BCUT2D eigenvalue weighted by atomic mass is 10.0. The van der Waals surface area contributed by atoms with Gasteiger partial charge in [0, 0.05) is 32.3 Å². The van der Waals surface area contributed by atoms with Gasteiger partial charge in [-0.2, -0.15) is 0 Å². The van der Waals surface area contributed by atoms with Gasteiger partial charge in [0.15, 0.2) is 0 Å². The fourth-order valence-corrected chi connectivity index (χ4v) is 1.94. The highest BCUT2D eigenvalue weighted by atomic mass is 16.5. The molecule has 1 N–H and O–H groups in total. The number of ether oxygens (including phenoxy) is 1. The average Bonchev–Trinajstić information content (AvgIpc) is 2.19. The lowest BCUT2D eigenvalue weighted by Gasteiger charge is -2.36. The number of likely N-dealkylation sites (N-methyl/N-ethyl adjacent to an activating group) is 1. The Morgan fingerprint density at radius 1 is 1.36 bits per heavy atom. The second-order valence-electron chi connectivity index (χ2n) is 4.85. The van der Waals surface area contributed by atoms with Gasteiger partial charge in [0.2, 0.25) is 0 Å². The first-order valence-electron chi connectivity index (χ1n) is 5.51. The van der Waals surface area contributed by atoms with E-state index in [0.717, 1.165) is 6.54 Å². The molecule has 0 unspecified atom stereocenters. The van der Waals surface area contributed by atoms with E-state index in [-0.39, 0.29) is 5.54 Å². The number of hydrogen-bond donors (Lipinski definition) is 1. The number of rotatable bonds is 4. The zero-order valence-corrected chi connectivity index (χ0v) is 9.97.